The minimum absolute atomic E-state index is 0.459. The summed E-state index contributed by atoms with van der Waals surface area (Å²) < 4.78 is 5.43. The van der Waals surface area contributed by atoms with Crippen LogP contribution in [0.4, 0.5) is 5.82 Å². The molecule has 20 heavy (non-hydrogen) atoms. The summed E-state index contributed by atoms with van der Waals surface area (Å²) in [7, 11) is 0. The van der Waals surface area contributed by atoms with E-state index in [-0.39, 0.29) is 0 Å². The Hall–Kier alpha value is -1.13. The Morgan fingerprint density at radius 1 is 1.30 bits per heavy atom. The van der Waals surface area contributed by atoms with Gasteiger partial charge in [-0.3, -0.25) is 0 Å². The average molecular weight is 277 g/mol. The molecule has 0 spiro atoms. The molecule has 4 heteroatoms. The summed E-state index contributed by atoms with van der Waals surface area (Å²) >= 11 is 0. The van der Waals surface area contributed by atoms with Gasteiger partial charge in [0.15, 0.2) is 0 Å². The highest BCUT2D eigenvalue weighted by Crippen LogP contribution is 2.21. The van der Waals surface area contributed by atoms with E-state index >= 15 is 0 Å². The van der Waals surface area contributed by atoms with E-state index in [2.05, 4.69) is 43.1 Å². The summed E-state index contributed by atoms with van der Waals surface area (Å²) in [6.07, 6.45) is 1.17. The van der Waals surface area contributed by atoms with Gasteiger partial charge >= 0.3 is 0 Å². The predicted octanol–water partition coefficient (Wildman–Crippen LogP) is 2.54. The van der Waals surface area contributed by atoms with Crippen molar-refractivity contribution in [2.24, 2.45) is 0 Å². The number of nitrogens with zero attached hydrogens (tertiary/aromatic N) is 2. The lowest BCUT2D eigenvalue weighted by atomic mass is 10.1. The highest BCUT2D eigenvalue weighted by molar-refractivity contribution is 5.43. The molecule has 0 amide bonds. The molecule has 2 rings (SSSR count). The molecule has 1 saturated heterocycles. The van der Waals surface area contributed by atoms with E-state index in [1.165, 1.54) is 17.7 Å². The molecule has 1 aromatic heterocycles. The number of nitrogens with one attached hydrogen (secondary N) is 1. The molecule has 0 radical (unpaired) electrons. The first-order valence-electron chi connectivity index (χ1n) is 7.75. The minimum atomic E-state index is 0.459. The van der Waals surface area contributed by atoms with E-state index in [4.69, 9.17) is 9.72 Å². The third-order valence-corrected chi connectivity index (χ3v) is 3.57. The molecule has 4 nitrogen and oxygen atoms in total. The van der Waals surface area contributed by atoms with Gasteiger partial charge in [-0.15, -0.1) is 0 Å². The molecular weight excluding hydrogens is 250 g/mol. The smallest absolute Gasteiger partial charge is 0.129 e. The first-order valence-corrected chi connectivity index (χ1v) is 7.75. The van der Waals surface area contributed by atoms with Gasteiger partial charge in [0.1, 0.15) is 5.82 Å². The molecule has 1 aliphatic heterocycles. The number of aromatic nitrogens is 1. The highest BCUT2D eigenvalue weighted by atomic mass is 16.5. The van der Waals surface area contributed by atoms with Crippen molar-refractivity contribution in [1.29, 1.82) is 0 Å². The second-order valence-electron chi connectivity index (χ2n) is 5.69. The zero-order valence-corrected chi connectivity index (χ0v) is 13.0. The summed E-state index contributed by atoms with van der Waals surface area (Å²) in [6, 6.07) is 4.46. The third-order valence-electron chi connectivity index (χ3n) is 3.57. The third kappa shape index (κ3) is 4.18. The molecule has 1 aliphatic rings. The first kappa shape index (κ1) is 15.3. The van der Waals surface area contributed by atoms with Crippen LogP contribution in [0.25, 0.3) is 0 Å². The largest absolute Gasteiger partial charge is 0.378 e. The number of rotatable bonds is 6. The van der Waals surface area contributed by atoms with Crippen molar-refractivity contribution >= 4 is 5.82 Å². The van der Waals surface area contributed by atoms with Crippen molar-refractivity contribution in [3.63, 3.8) is 0 Å². The van der Waals surface area contributed by atoms with Crippen LogP contribution >= 0.6 is 0 Å². The molecule has 0 saturated carbocycles. The van der Waals surface area contributed by atoms with E-state index in [1.54, 1.807) is 0 Å². The topological polar surface area (TPSA) is 37.4 Å². The van der Waals surface area contributed by atoms with Gasteiger partial charge in [0.05, 0.1) is 13.2 Å². The second kappa shape index (κ2) is 7.60. The lowest BCUT2D eigenvalue weighted by Crippen LogP contribution is -2.37. The quantitative estimate of drug-likeness (QED) is 0.811. The van der Waals surface area contributed by atoms with Crippen LogP contribution in [0.2, 0.25) is 0 Å². The van der Waals surface area contributed by atoms with E-state index < -0.39 is 0 Å². The van der Waals surface area contributed by atoms with E-state index in [1.807, 2.05) is 0 Å². The van der Waals surface area contributed by atoms with Crippen LogP contribution in [-0.4, -0.2) is 37.8 Å². The van der Waals surface area contributed by atoms with Gasteiger partial charge in [0.2, 0.25) is 0 Å². The van der Waals surface area contributed by atoms with Gasteiger partial charge in [-0.05, 0) is 36.6 Å². The fourth-order valence-corrected chi connectivity index (χ4v) is 2.36. The fourth-order valence-electron chi connectivity index (χ4n) is 2.36. The van der Waals surface area contributed by atoms with Crippen molar-refractivity contribution in [3.8, 4) is 0 Å². The summed E-state index contributed by atoms with van der Waals surface area (Å²) in [5, 5.41) is 3.48. The number of hydrogen-bond acceptors (Lipinski definition) is 4. The van der Waals surface area contributed by atoms with Crippen LogP contribution < -0.4 is 10.2 Å². The first-order chi connectivity index (χ1) is 9.70. The van der Waals surface area contributed by atoms with E-state index in [0.717, 1.165) is 45.2 Å². The van der Waals surface area contributed by atoms with Crippen molar-refractivity contribution in [2.75, 3.05) is 37.7 Å². The Kier molecular flexibility index (Phi) is 5.80. The van der Waals surface area contributed by atoms with Gasteiger partial charge in [-0.25, -0.2) is 4.98 Å². The Morgan fingerprint density at radius 3 is 2.70 bits per heavy atom. The van der Waals surface area contributed by atoms with Crippen LogP contribution in [0.15, 0.2) is 12.1 Å². The van der Waals surface area contributed by atoms with Crippen LogP contribution in [0, 0.1) is 0 Å². The summed E-state index contributed by atoms with van der Waals surface area (Å²) in [6.45, 7) is 12.1. The van der Waals surface area contributed by atoms with Crippen LogP contribution in [0.5, 0.6) is 0 Å². The zero-order valence-electron chi connectivity index (χ0n) is 13.0. The second-order valence-corrected chi connectivity index (χ2v) is 5.69. The van der Waals surface area contributed by atoms with E-state index in [0.29, 0.717) is 5.92 Å². The molecule has 0 bridgehead atoms. The van der Waals surface area contributed by atoms with Gasteiger partial charge in [0.25, 0.3) is 0 Å². The van der Waals surface area contributed by atoms with Crippen molar-refractivity contribution in [3.05, 3.63) is 23.4 Å². The van der Waals surface area contributed by atoms with Crippen LogP contribution in [0.3, 0.4) is 0 Å². The van der Waals surface area contributed by atoms with Crippen LogP contribution in [0.1, 0.15) is 44.4 Å². The van der Waals surface area contributed by atoms with Crippen molar-refractivity contribution < 1.29 is 4.74 Å². The van der Waals surface area contributed by atoms with Crippen LogP contribution in [-0.2, 0) is 11.3 Å². The normalized spacial score (nSPS) is 15.9. The minimum Gasteiger partial charge on any atom is -0.378 e. The predicted molar refractivity (Wildman–Crippen MR) is 83.4 cm³/mol. The molecule has 1 fully saturated rings. The van der Waals surface area contributed by atoms with Crippen molar-refractivity contribution in [2.45, 2.75) is 39.7 Å². The number of hydrogen-bond donors (Lipinski definition) is 1. The maximum absolute atomic E-state index is 5.43. The monoisotopic (exact) mass is 277 g/mol. The number of ether oxygens (including phenoxy) is 1. The summed E-state index contributed by atoms with van der Waals surface area (Å²) in [4.78, 5) is 7.16. The van der Waals surface area contributed by atoms with Gasteiger partial charge in [0, 0.05) is 25.3 Å². The Balaban J connectivity index is 2.16. The molecule has 1 N–H and O–H groups in total. The highest BCUT2D eigenvalue weighted by Gasteiger charge is 2.15. The maximum Gasteiger partial charge on any atom is 0.129 e. The maximum atomic E-state index is 5.43. The average Bonchev–Trinajstić information content (AvgIpc) is 2.48. The Bertz CT molecular complexity index is 414. The zero-order chi connectivity index (χ0) is 14.4. The molecule has 0 aliphatic carbocycles. The lowest BCUT2D eigenvalue weighted by molar-refractivity contribution is 0.122. The SMILES string of the molecule is CCCNCc1cc(C(C)C)nc(N2CCOCC2)c1. The van der Waals surface area contributed by atoms with E-state index in [9.17, 15) is 0 Å². The Morgan fingerprint density at radius 2 is 2.05 bits per heavy atom. The lowest BCUT2D eigenvalue weighted by Gasteiger charge is -2.29. The number of pyridine rings is 1. The fraction of sp³-hybridized carbons (Fsp3) is 0.688. The molecule has 0 atom stereocenters. The number of morpholine rings is 1. The summed E-state index contributed by atoms with van der Waals surface area (Å²) in [5.41, 5.74) is 2.51. The van der Waals surface area contributed by atoms with Gasteiger partial charge < -0.3 is 15.0 Å². The van der Waals surface area contributed by atoms with Gasteiger partial charge in [-0.2, -0.15) is 0 Å². The van der Waals surface area contributed by atoms with Gasteiger partial charge in [-0.1, -0.05) is 20.8 Å². The molecule has 0 aromatic carbocycles. The summed E-state index contributed by atoms with van der Waals surface area (Å²) in [5.74, 6) is 1.56. The number of anilines is 1. The molecule has 1 aromatic rings. The Labute approximate surface area is 122 Å². The molecule has 0 unspecified atom stereocenters. The van der Waals surface area contributed by atoms with Crippen molar-refractivity contribution in [1.82, 2.24) is 10.3 Å². The standard InChI is InChI=1S/C16H27N3O/c1-4-5-17-12-14-10-15(13(2)3)18-16(11-14)19-6-8-20-9-7-19/h10-11,13,17H,4-9,12H2,1-3H3. The molecular formula is C16H27N3O. The molecule has 112 valence electrons. The molecule has 2 heterocycles.